The van der Waals surface area contributed by atoms with Gasteiger partial charge in [-0.05, 0) is 12.5 Å². The van der Waals surface area contributed by atoms with Crippen molar-refractivity contribution < 1.29 is 4.79 Å². The van der Waals surface area contributed by atoms with Gasteiger partial charge in [-0.15, -0.1) is 6.42 Å². The molecule has 0 saturated heterocycles. The van der Waals surface area contributed by atoms with Crippen LogP contribution in [0.4, 0.5) is 0 Å². The smallest absolute Gasteiger partial charge is 0.225 e. The highest BCUT2D eigenvalue weighted by atomic mass is 16.1. The molecule has 0 bridgehead atoms. The third kappa shape index (κ3) is 3.32. The SMILES string of the molecule is C#CCNC(=O)Cc1ccc(C)cc1. The highest BCUT2D eigenvalue weighted by Crippen LogP contribution is 2.03. The molecule has 0 heterocycles. The van der Waals surface area contributed by atoms with Gasteiger partial charge in [0, 0.05) is 0 Å². The first-order valence-corrected chi connectivity index (χ1v) is 4.48. The van der Waals surface area contributed by atoms with E-state index in [-0.39, 0.29) is 5.91 Å². The Kier molecular flexibility index (Phi) is 3.75. The lowest BCUT2D eigenvalue weighted by atomic mass is 10.1. The fourth-order valence-corrected chi connectivity index (χ4v) is 1.10. The van der Waals surface area contributed by atoms with Crippen LogP contribution in [0.25, 0.3) is 0 Å². The van der Waals surface area contributed by atoms with Crippen LogP contribution in [-0.2, 0) is 11.2 Å². The second-order valence-electron chi connectivity index (χ2n) is 3.14. The van der Waals surface area contributed by atoms with Crippen molar-refractivity contribution in [2.24, 2.45) is 0 Å². The van der Waals surface area contributed by atoms with Crippen LogP contribution in [-0.4, -0.2) is 12.5 Å². The topological polar surface area (TPSA) is 29.1 Å². The summed E-state index contributed by atoms with van der Waals surface area (Å²) in [7, 11) is 0. The van der Waals surface area contributed by atoms with Crippen LogP contribution in [0.5, 0.6) is 0 Å². The second kappa shape index (κ2) is 5.08. The number of carbonyl (C=O) groups is 1. The van der Waals surface area contributed by atoms with Crippen molar-refractivity contribution in [1.29, 1.82) is 0 Å². The number of amides is 1. The van der Waals surface area contributed by atoms with Crippen LogP contribution < -0.4 is 5.32 Å². The summed E-state index contributed by atoms with van der Waals surface area (Å²) in [6, 6.07) is 7.88. The summed E-state index contributed by atoms with van der Waals surface area (Å²) in [6.45, 7) is 2.31. The number of aryl methyl sites for hydroxylation is 1. The largest absolute Gasteiger partial charge is 0.345 e. The second-order valence-corrected chi connectivity index (χ2v) is 3.14. The molecule has 0 unspecified atom stereocenters. The van der Waals surface area contributed by atoms with Crippen molar-refractivity contribution in [2.75, 3.05) is 6.54 Å². The standard InChI is InChI=1S/C12H13NO/c1-3-8-13-12(14)9-11-6-4-10(2)5-7-11/h1,4-7H,8-9H2,2H3,(H,13,14). The van der Waals surface area contributed by atoms with Crippen LogP contribution in [0.1, 0.15) is 11.1 Å². The monoisotopic (exact) mass is 187 g/mol. The van der Waals surface area contributed by atoms with Crippen LogP contribution in [0, 0.1) is 19.3 Å². The van der Waals surface area contributed by atoms with Crippen LogP contribution in [0.15, 0.2) is 24.3 Å². The van der Waals surface area contributed by atoms with E-state index in [1.54, 1.807) is 0 Å². The van der Waals surface area contributed by atoms with Crippen molar-refractivity contribution >= 4 is 5.91 Å². The minimum atomic E-state index is -0.0354. The average Bonchev–Trinajstić information content (AvgIpc) is 2.18. The Balaban J connectivity index is 2.49. The van der Waals surface area contributed by atoms with Crippen molar-refractivity contribution in [3.05, 3.63) is 35.4 Å². The zero-order valence-electron chi connectivity index (χ0n) is 8.21. The lowest BCUT2D eigenvalue weighted by molar-refractivity contribution is -0.120. The summed E-state index contributed by atoms with van der Waals surface area (Å²) in [5.74, 6) is 2.33. The summed E-state index contributed by atoms with van der Waals surface area (Å²) in [6.07, 6.45) is 5.42. The van der Waals surface area contributed by atoms with Gasteiger partial charge in [0.05, 0.1) is 13.0 Å². The number of terminal acetylenes is 1. The van der Waals surface area contributed by atoms with Crippen molar-refractivity contribution in [3.63, 3.8) is 0 Å². The maximum atomic E-state index is 11.2. The number of nitrogens with one attached hydrogen (secondary N) is 1. The van der Waals surface area contributed by atoms with Gasteiger partial charge in [0.25, 0.3) is 0 Å². The molecule has 0 atom stereocenters. The first-order valence-electron chi connectivity index (χ1n) is 4.48. The summed E-state index contributed by atoms with van der Waals surface area (Å²) >= 11 is 0. The van der Waals surface area contributed by atoms with E-state index in [4.69, 9.17) is 6.42 Å². The predicted molar refractivity (Wildman–Crippen MR) is 56.7 cm³/mol. The fourth-order valence-electron chi connectivity index (χ4n) is 1.10. The Labute approximate surface area is 84.3 Å². The minimum Gasteiger partial charge on any atom is -0.345 e. The first-order chi connectivity index (χ1) is 6.72. The van der Waals surface area contributed by atoms with Crippen molar-refractivity contribution in [1.82, 2.24) is 5.32 Å². The number of rotatable bonds is 3. The van der Waals surface area contributed by atoms with E-state index < -0.39 is 0 Å². The zero-order chi connectivity index (χ0) is 10.4. The number of hydrogen-bond acceptors (Lipinski definition) is 1. The molecular formula is C12H13NO. The van der Waals surface area contributed by atoms with Gasteiger partial charge in [-0.1, -0.05) is 35.7 Å². The Bertz CT molecular complexity index is 346. The molecule has 2 heteroatoms. The molecule has 0 spiro atoms. The van der Waals surface area contributed by atoms with E-state index >= 15 is 0 Å². The Hall–Kier alpha value is -1.75. The molecule has 14 heavy (non-hydrogen) atoms. The lowest BCUT2D eigenvalue weighted by Crippen LogP contribution is -2.25. The van der Waals surface area contributed by atoms with Crippen molar-refractivity contribution in [3.8, 4) is 12.3 Å². The molecule has 0 fully saturated rings. The minimum absolute atomic E-state index is 0.0354. The van der Waals surface area contributed by atoms with Gasteiger partial charge in [0.15, 0.2) is 0 Å². The van der Waals surface area contributed by atoms with E-state index in [1.807, 2.05) is 31.2 Å². The quantitative estimate of drug-likeness (QED) is 0.710. The summed E-state index contributed by atoms with van der Waals surface area (Å²) in [5, 5.41) is 2.62. The van der Waals surface area contributed by atoms with E-state index in [1.165, 1.54) is 5.56 Å². The third-order valence-electron chi connectivity index (χ3n) is 1.87. The molecule has 1 N–H and O–H groups in total. The van der Waals surface area contributed by atoms with Crippen molar-refractivity contribution in [2.45, 2.75) is 13.3 Å². The average molecular weight is 187 g/mol. The predicted octanol–water partition coefficient (Wildman–Crippen LogP) is 1.29. The molecule has 0 aromatic heterocycles. The molecular weight excluding hydrogens is 174 g/mol. The number of benzene rings is 1. The van der Waals surface area contributed by atoms with E-state index in [0.717, 1.165) is 5.56 Å². The van der Waals surface area contributed by atoms with Gasteiger partial charge in [0.1, 0.15) is 0 Å². The van der Waals surface area contributed by atoms with Crippen LogP contribution in [0.3, 0.4) is 0 Å². The molecule has 1 amide bonds. The molecule has 0 aliphatic carbocycles. The molecule has 1 aromatic rings. The van der Waals surface area contributed by atoms with Gasteiger partial charge in [-0.2, -0.15) is 0 Å². The lowest BCUT2D eigenvalue weighted by Gasteiger charge is -2.01. The Morgan fingerprint density at radius 3 is 2.64 bits per heavy atom. The summed E-state index contributed by atoms with van der Waals surface area (Å²) in [4.78, 5) is 11.2. The maximum absolute atomic E-state index is 11.2. The first kappa shape index (κ1) is 10.3. The molecule has 1 rings (SSSR count). The van der Waals surface area contributed by atoms with Gasteiger partial charge < -0.3 is 5.32 Å². The van der Waals surface area contributed by atoms with E-state index in [0.29, 0.717) is 13.0 Å². The fraction of sp³-hybridized carbons (Fsp3) is 0.250. The van der Waals surface area contributed by atoms with Gasteiger partial charge in [-0.25, -0.2) is 0 Å². The highest BCUT2D eigenvalue weighted by molar-refractivity contribution is 5.78. The summed E-state index contributed by atoms with van der Waals surface area (Å²) < 4.78 is 0. The Morgan fingerprint density at radius 2 is 2.07 bits per heavy atom. The van der Waals surface area contributed by atoms with Gasteiger partial charge in [0.2, 0.25) is 5.91 Å². The molecule has 0 radical (unpaired) electrons. The number of carbonyl (C=O) groups excluding carboxylic acids is 1. The molecule has 1 aromatic carbocycles. The van der Waals surface area contributed by atoms with Crippen LogP contribution in [0.2, 0.25) is 0 Å². The van der Waals surface area contributed by atoms with Crippen LogP contribution >= 0.6 is 0 Å². The maximum Gasteiger partial charge on any atom is 0.225 e. The van der Waals surface area contributed by atoms with Gasteiger partial charge in [-0.3, -0.25) is 4.79 Å². The van der Waals surface area contributed by atoms with E-state index in [2.05, 4.69) is 11.2 Å². The molecule has 0 aliphatic heterocycles. The van der Waals surface area contributed by atoms with E-state index in [9.17, 15) is 4.79 Å². The molecule has 0 saturated carbocycles. The van der Waals surface area contributed by atoms with Gasteiger partial charge >= 0.3 is 0 Å². The number of hydrogen-bond donors (Lipinski definition) is 1. The molecule has 2 nitrogen and oxygen atoms in total. The molecule has 72 valence electrons. The highest BCUT2D eigenvalue weighted by Gasteiger charge is 2.00. The zero-order valence-corrected chi connectivity index (χ0v) is 8.21. The normalized spacial score (nSPS) is 9.14. The Morgan fingerprint density at radius 1 is 1.43 bits per heavy atom. The molecule has 0 aliphatic rings. The summed E-state index contributed by atoms with van der Waals surface area (Å²) in [5.41, 5.74) is 2.20. The third-order valence-corrected chi connectivity index (χ3v) is 1.87.